The zero-order valence-electron chi connectivity index (χ0n) is 18.4. The smallest absolute Gasteiger partial charge is 0.158 e. The molecule has 3 rings (SSSR count). The zero-order chi connectivity index (χ0) is 21.2. The molecular weight excluding hydrogens is 362 g/mol. The van der Waals surface area contributed by atoms with Gasteiger partial charge in [-0.3, -0.25) is 0 Å². The van der Waals surface area contributed by atoms with Crippen LogP contribution in [-0.4, -0.2) is 22.9 Å². The standard InChI is InChI=1S/C25H35NO3/c1-17(2)10-8-11-18(3)12-9-15-25(5,27)23-16-21-20-13-6-7-14-22(20)26(28)19(4)24(21)29-23/h6-7,10,12-14,19,23,26-27H,8-9,11,15-16H2,1-5H3. The number of ether oxygens (including phenoxy) is 1. The van der Waals surface area contributed by atoms with Crippen molar-refractivity contribution in [2.24, 2.45) is 0 Å². The van der Waals surface area contributed by atoms with Gasteiger partial charge in [0.1, 0.15) is 17.8 Å². The van der Waals surface area contributed by atoms with Gasteiger partial charge in [-0.25, -0.2) is 0 Å². The summed E-state index contributed by atoms with van der Waals surface area (Å²) in [5.74, 6) is 0.757. The van der Waals surface area contributed by atoms with E-state index in [1.54, 1.807) is 0 Å². The molecule has 0 spiro atoms. The maximum atomic E-state index is 12.7. The van der Waals surface area contributed by atoms with Gasteiger partial charge < -0.3 is 20.1 Å². The minimum Gasteiger partial charge on any atom is -0.628 e. The summed E-state index contributed by atoms with van der Waals surface area (Å²) in [5, 5.41) is 24.0. The number of hydroxylamine groups is 1. The molecule has 0 saturated carbocycles. The highest BCUT2D eigenvalue weighted by molar-refractivity contribution is 5.77. The third-order valence-corrected chi connectivity index (χ3v) is 6.19. The van der Waals surface area contributed by atoms with Crippen LogP contribution in [0.15, 0.2) is 53.3 Å². The number of quaternary nitrogens is 1. The summed E-state index contributed by atoms with van der Waals surface area (Å²) in [4.78, 5) is 0. The molecule has 0 aliphatic carbocycles. The predicted molar refractivity (Wildman–Crippen MR) is 119 cm³/mol. The minimum atomic E-state index is -0.939. The molecule has 4 heteroatoms. The Kier molecular flexibility index (Phi) is 6.67. The first-order valence-electron chi connectivity index (χ1n) is 10.8. The molecule has 1 aromatic rings. The number of nitrogens with one attached hydrogen (secondary N) is 1. The van der Waals surface area contributed by atoms with Crippen molar-refractivity contribution in [3.8, 4) is 0 Å². The fourth-order valence-electron chi connectivity index (χ4n) is 4.28. The normalized spacial score (nSPS) is 25.8. The van der Waals surface area contributed by atoms with Crippen LogP contribution < -0.4 is 5.06 Å². The lowest BCUT2D eigenvalue weighted by Gasteiger charge is -2.35. The molecule has 2 aliphatic heterocycles. The van der Waals surface area contributed by atoms with Gasteiger partial charge in [0, 0.05) is 23.6 Å². The number of hydrogen-bond acceptors (Lipinski definition) is 3. The lowest BCUT2D eigenvalue weighted by atomic mass is 9.87. The Bertz CT molecular complexity index is 830. The Morgan fingerprint density at radius 1 is 1.24 bits per heavy atom. The molecule has 4 nitrogen and oxygen atoms in total. The van der Waals surface area contributed by atoms with E-state index in [2.05, 4.69) is 32.9 Å². The van der Waals surface area contributed by atoms with Crippen LogP contribution in [-0.2, 0) is 4.74 Å². The highest BCUT2D eigenvalue weighted by Crippen LogP contribution is 2.43. The van der Waals surface area contributed by atoms with Crippen LogP contribution in [0.5, 0.6) is 0 Å². The summed E-state index contributed by atoms with van der Waals surface area (Å²) >= 11 is 0. The van der Waals surface area contributed by atoms with Gasteiger partial charge in [-0.1, -0.05) is 35.4 Å². The molecule has 4 unspecified atom stereocenters. The first kappa shape index (κ1) is 21.8. The number of para-hydroxylation sites is 1. The van der Waals surface area contributed by atoms with Crippen LogP contribution >= 0.6 is 0 Å². The average molecular weight is 398 g/mol. The van der Waals surface area contributed by atoms with Gasteiger partial charge in [-0.15, -0.1) is 0 Å². The minimum absolute atomic E-state index is 0.106. The van der Waals surface area contributed by atoms with Crippen molar-refractivity contribution < 1.29 is 14.9 Å². The van der Waals surface area contributed by atoms with Gasteiger partial charge in [0.05, 0.1) is 5.60 Å². The summed E-state index contributed by atoms with van der Waals surface area (Å²) in [6.45, 7) is 10.2. The van der Waals surface area contributed by atoms with Crippen molar-refractivity contribution in [1.29, 1.82) is 0 Å². The second-order valence-corrected chi connectivity index (χ2v) is 9.05. The molecule has 29 heavy (non-hydrogen) atoms. The van der Waals surface area contributed by atoms with Crippen LogP contribution in [0.3, 0.4) is 0 Å². The topological polar surface area (TPSA) is 57.0 Å². The molecule has 0 aromatic heterocycles. The molecule has 2 N–H and O–H groups in total. The number of aliphatic hydroxyl groups is 1. The monoisotopic (exact) mass is 397 g/mol. The van der Waals surface area contributed by atoms with E-state index in [0.717, 1.165) is 41.8 Å². The number of benzene rings is 1. The summed E-state index contributed by atoms with van der Waals surface area (Å²) in [6.07, 6.45) is 8.42. The third-order valence-electron chi connectivity index (χ3n) is 6.19. The molecule has 0 amide bonds. The lowest BCUT2D eigenvalue weighted by molar-refractivity contribution is -0.800. The highest BCUT2D eigenvalue weighted by Gasteiger charge is 2.45. The Balaban J connectivity index is 1.63. The molecule has 0 radical (unpaired) electrons. The molecule has 4 atom stereocenters. The molecule has 0 fully saturated rings. The largest absolute Gasteiger partial charge is 0.628 e. The van der Waals surface area contributed by atoms with Crippen LogP contribution in [0.4, 0.5) is 5.69 Å². The van der Waals surface area contributed by atoms with E-state index in [4.69, 9.17) is 4.74 Å². The maximum Gasteiger partial charge on any atom is 0.158 e. The summed E-state index contributed by atoms with van der Waals surface area (Å²) < 4.78 is 6.20. The molecule has 0 saturated heterocycles. The summed E-state index contributed by atoms with van der Waals surface area (Å²) in [6, 6.07) is 7.48. The zero-order valence-corrected chi connectivity index (χ0v) is 18.4. The van der Waals surface area contributed by atoms with E-state index in [1.165, 1.54) is 11.1 Å². The van der Waals surface area contributed by atoms with E-state index in [9.17, 15) is 10.3 Å². The van der Waals surface area contributed by atoms with Crippen LogP contribution in [0.1, 0.15) is 72.3 Å². The average Bonchev–Trinajstić information content (AvgIpc) is 3.12. The number of hydrogen-bond donors (Lipinski definition) is 2. The maximum absolute atomic E-state index is 12.7. The Morgan fingerprint density at radius 3 is 2.69 bits per heavy atom. The lowest BCUT2D eigenvalue weighted by Crippen LogP contribution is -3.07. The van der Waals surface area contributed by atoms with Crippen LogP contribution in [0.25, 0.3) is 5.57 Å². The van der Waals surface area contributed by atoms with E-state index < -0.39 is 5.60 Å². The first-order valence-corrected chi connectivity index (χ1v) is 10.8. The Hall–Kier alpha value is -1.88. The van der Waals surface area contributed by atoms with Crippen LogP contribution in [0.2, 0.25) is 0 Å². The first-order chi connectivity index (χ1) is 13.7. The SMILES string of the molecule is CC(C)=CCCC(C)=CCCC(C)(O)C1CC2=C(O1)C(C)[NH+]([O-])c1ccccc12. The molecule has 1 aromatic carbocycles. The van der Waals surface area contributed by atoms with Crippen LogP contribution in [0, 0.1) is 5.21 Å². The molecule has 0 bridgehead atoms. The van der Waals surface area contributed by atoms with Crippen molar-refractivity contribution in [3.63, 3.8) is 0 Å². The van der Waals surface area contributed by atoms with Crippen molar-refractivity contribution in [3.05, 3.63) is 64.1 Å². The summed E-state index contributed by atoms with van der Waals surface area (Å²) in [7, 11) is 0. The van der Waals surface area contributed by atoms with Crippen molar-refractivity contribution in [2.75, 3.05) is 0 Å². The van der Waals surface area contributed by atoms with Gasteiger partial charge >= 0.3 is 0 Å². The van der Waals surface area contributed by atoms with E-state index in [1.807, 2.05) is 38.1 Å². The fraction of sp³-hybridized carbons (Fsp3) is 0.520. The van der Waals surface area contributed by atoms with E-state index in [0.29, 0.717) is 12.8 Å². The molecule has 2 aliphatic rings. The van der Waals surface area contributed by atoms with Gasteiger partial charge in [0.15, 0.2) is 5.76 Å². The predicted octanol–water partition coefficient (Wildman–Crippen LogP) is 4.83. The Morgan fingerprint density at radius 2 is 1.97 bits per heavy atom. The number of rotatable bonds is 7. The molecular formula is C25H35NO3. The van der Waals surface area contributed by atoms with Gasteiger partial charge in [-0.05, 0) is 66.4 Å². The third kappa shape index (κ3) is 4.82. The highest BCUT2D eigenvalue weighted by atomic mass is 16.5. The van der Waals surface area contributed by atoms with E-state index >= 15 is 0 Å². The fourth-order valence-corrected chi connectivity index (χ4v) is 4.28. The summed E-state index contributed by atoms with van der Waals surface area (Å²) in [5.41, 5.74) is 4.61. The van der Waals surface area contributed by atoms with Gasteiger partial charge in [0.2, 0.25) is 0 Å². The van der Waals surface area contributed by atoms with Crippen molar-refractivity contribution in [1.82, 2.24) is 0 Å². The second-order valence-electron chi connectivity index (χ2n) is 9.05. The quantitative estimate of drug-likeness (QED) is 0.512. The van der Waals surface area contributed by atoms with E-state index in [-0.39, 0.29) is 17.2 Å². The van der Waals surface area contributed by atoms with Crippen molar-refractivity contribution >= 4 is 11.3 Å². The Labute approximate surface area is 175 Å². The molecule has 158 valence electrons. The van der Waals surface area contributed by atoms with Crippen molar-refractivity contribution in [2.45, 2.75) is 84.5 Å². The molecule has 2 heterocycles. The van der Waals surface area contributed by atoms with Gasteiger partial charge in [-0.2, -0.15) is 0 Å². The van der Waals surface area contributed by atoms with Gasteiger partial charge in [0.25, 0.3) is 0 Å². The number of fused-ring (bicyclic) bond motifs is 2. The second kappa shape index (κ2) is 8.86. The number of allylic oxidation sites excluding steroid dienone is 4.